The Morgan fingerprint density at radius 1 is 0.875 bits per heavy atom. The summed E-state index contributed by atoms with van der Waals surface area (Å²) in [6, 6.07) is 10.9. The van der Waals surface area contributed by atoms with Crippen molar-refractivity contribution in [1.82, 2.24) is 0 Å². The molecule has 1 unspecified atom stereocenters. The third kappa shape index (κ3) is 4.00. The molecule has 0 aliphatic heterocycles. The fraction of sp³-hybridized carbons (Fsp3) is 0.625. The van der Waals surface area contributed by atoms with Gasteiger partial charge in [-0.1, -0.05) is 71.9 Å². The van der Waals surface area contributed by atoms with Crippen molar-refractivity contribution in [2.24, 2.45) is 10.8 Å². The highest BCUT2D eigenvalue weighted by Crippen LogP contribution is 2.42. The first kappa shape index (κ1) is 13.3. The molecule has 0 nitrogen and oxygen atoms in total. The summed E-state index contributed by atoms with van der Waals surface area (Å²) in [5, 5.41) is 0. The zero-order chi connectivity index (χ0) is 12.4. The van der Waals surface area contributed by atoms with Gasteiger partial charge in [0.05, 0.1) is 0 Å². The van der Waals surface area contributed by atoms with Crippen molar-refractivity contribution >= 4 is 0 Å². The highest BCUT2D eigenvalue weighted by Gasteiger charge is 2.29. The minimum absolute atomic E-state index is 0.328. The predicted octanol–water partition coefficient (Wildman–Crippen LogP) is 5.25. The van der Waals surface area contributed by atoms with Crippen LogP contribution in [-0.4, -0.2) is 0 Å². The Hall–Kier alpha value is -0.780. The van der Waals surface area contributed by atoms with Gasteiger partial charge in [0.15, 0.2) is 0 Å². The van der Waals surface area contributed by atoms with E-state index in [2.05, 4.69) is 71.9 Å². The first-order valence-corrected chi connectivity index (χ1v) is 6.25. The van der Waals surface area contributed by atoms with Gasteiger partial charge in [0, 0.05) is 0 Å². The normalized spacial score (nSPS) is 14.9. The molecule has 0 amide bonds. The van der Waals surface area contributed by atoms with Gasteiger partial charge in [0.1, 0.15) is 0 Å². The first-order valence-electron chi connectivity index (χ1n) is 6.25. The molecule has 0 aliphatic carbocycles. The lowest BCUT2D eigenvalue weighted by Crippen LogP contribution is -2.23. The third-order valence-corrected chi connectivity index (χ3v) is 3.06. The fourth-order valence-electron chi connectivity index (χ4n) is 2.22. The van der Waals surface area contributed by atoms with Crippen molar-refractivity contribution in [2.45, 2.75) is 53.9 Å². The molecule has 0 heteroatoms. The van der Waals surface area contributed by atoms with Crippen molar-refractivity contribution in [3.63, 3.8) is 0 Å². The van der Waals surface area contributed by atoms with Crippen LogP contribution in [0.25, 0.3) is 0 Å². The Morgan fingerprint density at radius 2 is 1.38 bits per heavy atom. The van der Waals surface area contributed by atoms with Crippen LogP contribution in [0.2, 0.25) is 0 Å². The average molecular weight is 218 g/mol. The molecule has 0 radical (unpaired) electrons. The molecule has 0 heterocycles. The molecule has 1 aromatic rings. The molecular weight excluding hydrogens is 192 g/mol. The minimum Gasteiger partial charge on any atom is -0.0622 e. The van der Waals surface area contributed by atoms with Crippen molar-refractivity contribution in [2.75, 3.05) is 0 Å². The fourth-order valence-corrected chi connectivity index (χ4v) is 2.22. The summed E-state index contributed by atoms with van der Waals surface area (Å²) in [6.07, 6.45) is 1.24. The summed E-state index contributed by atoms with van der Waals surface area (Å²) >= 11 is 0. The van der Waals surface area contributed by atoms with Crippen LogP contribution in [0, 0.1) is 10.8 Å². The van der Waals surface area contributed by atoms with Gasteiger partial charge in [-0.05, 0) is 28.7 Å². The molecule has 1 atom stereocenters. The Kier molecular flexibility index (Phi) is 3.83. The second kappa shape index (κ2) is 4.61. The van der Waals surface area contributed by atoms with Crippen LogP contribution in [0.3, 0.4) is 0 Å². The molecule has 0 N–H and O–H groups in total. The second-order valence-electron chi connectivity index (χ2n) is 7.09. The van der Waals surface area contributed by atoms with Crippen LogP contribution in [0.4, 0.5) is 0 Å². The van der Waals surface area contributed by atoms with Crippen LogP contribution in [0.5, 0.6) is 0 Å². The van der Waals surface area contributed by atoms with Gasteiger partial charge in [0.2, 0.25) is 0 Å². The minimum atomic E-state index is 0.328. The zero-order valence-electron chi connectivity index (χ0n) is 11.7. The van der Waals surface area contributed by atoms with Crippen molar-refractivity contribution in [1.29, 1.82) is 0 Å². The number of hydrogen-bond donors (Lipinski definition) is 0. The van der Waals surface area contributed by atoms with E-state index < -0.39 is 0 Å². The Balaban J connectivity index is 2.98. The highest BCUT2D eigenvalue weighted by atomic mass is 14.3. The van der Waals surface area contributed by atoms with Gasteiger partial charge in [-0.2, -0.15) is 0 Å². The van der Waals surface area contributed by atoms with Crippen molar-refractivity contribution < 1.29 is 0 Å². The summed E-state index contributed by atoms with van der Waals surface area (Å²) < 4.78 is 0. The summed E-state index contributed by atoms with van der Waals surface area (Å²) in [4.78, 5) is 0. The lowest BCUT2D eigenvalue weighted by molar-refractivity contribution is 0.229. The van der Waals surface area contributed by atoms with Gasteiger partial charge in [-0.25, -0.2) is 0 Å². The maximum Gasteiger partial charge on any atom is -0.0108 e. The third-order valence-electron chi connectivity index (χ3n) is 3.06. The summed E-state index contributed by atoms with van der Waals surface area (Å²) in [5.41, 5.74) is 2.19. The molecule has 90 valence electrons. The Morgan fingerprint density at radius 3 is 1.75 bits per heavy atom. The maximum absolute atomic E-state index is 2.34. The van der Waals surface area contributed by atoms with Crippen LogP contribution in [0.1, 0.15) is 59.4 Å². The summed E-state index contributed by atoms with van der Waals surface area (Å²) in [5.74, 6) is 0.633. The smallest absolute Gasteiger partial charge is 0.0108 e. The average Bonchev–Trinajstić information content (AvgIpc) is 2.13. The predicted molar refractivity (Wildman–Crippen MR) is 72.7 cm³/mol. The van der Waals surface area contributed by atoms with E-state index in [0.717, 1.165) is 0 Å². The van der Waals surface area contributed by atoms with Crippen molar-refractivity contribution in [3.8, 4) is 0 Å². The van der Waals surface area contributed by atoms with E-state index in [0.29, 0.717) is 16.7 Å². The molecule has 0 saturated carbocycles. The van der Waals surface area contributed by atoms with Gasteiger partial charge in [0.25, 0.3) is 0 Å². The van der Waals surface area contributed by atoms with Gasteiger partial charge >= 0.3 is 0 Å². The lowest BCUT2D eigenvalue weighted by Gasteiger charge is -2.36. The molecule has 1 aromatic carbocycles. The SMILES string of the molecule is CC(C)(C)CC(c1ccccc1)C(C)(C)C. The first-order chi connectivity index (χ1) is 7.20. The molecular formula is C16H26. The van der Waals surface area contributed by atoms with Gasteiger partial charge in [-0.3, -0.25) is 0 Å². The molecule has 0 fully saturated rings. The molecule has 0 bridgehead atoms. The van der Waals surface area contributed by atoms with E-state index in [1.54, 1.807) is 0 Å². The molecule has 16 heavy (non-hydrogen) atoms. The number of rotatable bonds is 2. The lowest BCUT2D eigenvalue weighted by atomic mass is 9.69. The number of benzene rings is 1. The van der Waals surface area contributed by atoms with E-state index in [-0.39, 0.29) is 0 Å². The summed E-state index contributed by atoms with van der Waals surface area (Å²) in [7, 11) is 0. The topological polar surface area (TPSA) is 0 Å². The van der Waals surface area contributed by atoms with E-state index in [4.69, 9.17) is 0 Å². The Labute approximate surface area is 101 Å². The van der Waals surface area contributed by atoms with E-state index in [9.17, 15) is 0 Å². The van der Waals surface area contributed by atoms with Crippen molar-refractivity contribution in [3.05, 3.63) is 35.9 Å². The van der Waals surface area contributed by atoms with Crippen LogP contribution >= 0.6 is 0 Å². The summed E-state index contributed by atoms with van der Waals surface area (Å²) in [6.45, 7) is 14.0. The largest absolute Gasteiger partial charge is 0.0622 e. The number of hydrogen-bond acceptors (Lipinski definition) is 0. The quantitative estimate of drug-likeness (QED) is 0.635. The van der Waals surface area contributed by atoms with Crippen LogP contribution < -0.4 is 0 Å². The highest BCUT2D eigenvalue weighted by molar-refractivity contribution is 5.21. The monoisotopic (exact) mass is 218 g/mol. The van der Waals surface area contributed by atoms with E-state index in [1.165, 1.54) is 12.0 Å². The zero-order valence-corrected chi connectivity index (χ0v) is 11.7. The van der Waals surface area contributed by atoms with E-state index in [1.807, 2.05) is 0 Å². The van der Waals surface area contributed by atoms with Gasteiger partial charge in [-0.15, -0.1) is 0 Å². The molecule has 0 aliphatic rings. The molecule has 0 saturated heterocycles. The molecule has 0 aromatic heterocycles. The molecule has 1 rings (SSSR count). The van der Waals surface area contributed by atoms with Crippen LogP contribution in [0.15, 0.2) is 30.3 Å². The Bertz CT molecular complexity index is 308. The maximum atomic E-state index is 2.34. The van der Waals surface area contributed by atoms with Crippen LogP contribution in [-0.2, 0) is 0 Å². The van der Waals surface area contributed by atoms with Gasteiger partial charge < -0.3 is 0 Å². The second-order valence-corrected chi connectivity index (χ2v) is 7.09. The van der Waals surface area contributed by atoms with E-state index >= 15 is 0 Å². The molecule has 0 spiro atoms. The standard InChI is InChI=1S/C16H26/c1-15(2,3)12-14(16(4,5)6)13-10-8-7-9-11-13/h7-11,14H,12H2,1-6H3.